The van der Waals surface area contributed by atoms with Crippen LogP contribution in [0.3, 0.4) is 0 Å². The third kappa shape index (κ3) is 5.80. The molecule has 0 aliphatic rings. The predicted molar refractivity (Wildman–Crippen MR) is 93.6 cm³/mol. The summed E-state index contributed by atoms with van der Waals surface area (Å²) in [4.78, 5) is 26.3. The molecule has 1 aromatic heterocycles. The molecule has 0 unspecified atom stereocenters. The largest absolute Gasteiger partial charge is 0.336 e. The van der Waals surface area contributed by atoms with Gasteiger partial charge in [-0.15, -0.1) is 0 Å². The molecule has 6 heteroatoms. The molecule has 132 valence electrons. The van der Waals surface area contributed by atoms with E-state index in [-0.39, 0.29) is 17.2 Å². The Morgan fingerprint density at radius 3 is 2.62 bits per heavy atom. The van der Waals surface area contributed by atoms with Crippen molar-refractivity contribution in [3.8, 4) is 6.07 Å². The molecule has 0 saturated heterocycles. The zero-order valence-electron chi connectivity index (χ0n) is 15.0. The van der Waals surface area contributed by atoms with Crippen LogP contribution < -0.4 is 5.56 Å². The number of aryl methyl sites for hydroxylation is 1. The monoisotopic (exact) mass is 332 g/mol. The van der Waals surface area contributed by atoms with E-state index >= 15 is 0 Å². The number of hydrogen-bond acceptors (Lipinski definition) is 4. The highest BCUT2D eigenvalue weighted by Gasteiger charge is 2.20. The van der Waals surface area contributed by atoms with Crippen molar-refractivity contribution in [1.82, 2.24) is 14.7 Å². The second-order valence-corrected chi connectivity index (χ2v) is 5.98. The number of aromatic nitrogens is 2. The number of carbonyl (C=O) groups excluding carboxylic acids is 1. The fourth-order valence-electron chi connectivity index (χ4n) is 2.51. The smallest absolute Gasteiger partial charge is 0.274 e. The summed E-state index contributed by atoms with van der Waals surface area (Å²) in [6.45, 7) is 7.76. The molecule has 0 aliphatic carbocycles. The van der Waals surface area contributed by atoms with E-state index in [4.69, 9.17) is 5.26 Å². The second-order valence-electron chi connectivity index (χ2n) is 5.98. The summed E-state index contributed by atoms with van der Waals surface area (Å²) in [5.74, 6) is 0.195. The third-order valence-corrected chi connectivity index (χ3v) is 4.22. The van der Waals surface area contributed by atoms with E-state index in [2.05, 4.69) is 25.0 Å². The minimum atomic E-state index is -0.206. The molecule has 0 atom stereocenters. The number of carbonyl (C=O) groups is 1. The van der Waals surface area contributed by atoms with Crippen LogP contribution in [-0.4, -0.2) is 33.7 Å². The molecular formula is C18H28N4O2. The van der Waals surface area contributed by atoms with Crippen molar-refractivity contribution in [2.24, 2.45) is 5.92 Å². The van der Waals surface area contributed by atoms with Gasteiger partial charge in [0.05, 0.1) is 12.5 Å². The van der Waals surface area contributed by atoms with Crippen molar-refractivity contribution in [1.29, 1.82) is 5.26 Å². The first-order valence-electron chi connectivity index (χ1n) is 8.81. The van der Waals surface area contributed by atoms with Crippen LogP contribution in [0.2, 0.25) is 0 Å². The molecule has 6 nitrogen and oxygen atoms in total. The molecule has 0 bridgehead atoms. The van der Waals surface area contributed by atoms with Gasteiger partial charge in [0.15, 0.2) is 0 Å². The maximum atomic E-state index is 12.8. The number of amides is 1. The summed E-state index contributed by atoms with van der Waals surface area (Å²) < 4.78 is 1.36. The maximum Gasteiger partial charge on any atom is 0.274 e. The molecule has 1 amide bonds. The molecule has 1 aromatic rings. The summed E-state index contributed by atoms with van der Waals surface area (Å²) in [5.41, 5.74) is 0.0816. The van der Waals surface area contributed by atoms with Crippen LogP contribution in [0.5, 0.6) is 0 Å². The Hall–Kier alpha value is -2.16. The van der Waals surface area contributed by atoms with Crippen LogP contribution in [-0.2, 0) is 6.54 Å². The van der Waals surface area contributed by atoms with Gasteiger partial charge in [0.2, 0.25) is 0 Å². The van der Waals surface area contributed by atoms with E-state index in [1.807, 2.05) is 6.92 Å². The standard InChI is InChI=1S/C18H28N4O2/c1-4-7-13-22-17(23)10-9-16(20-22)18(24)21(12-8-11-19)14-15(5-2)6-3/h9-10,15H,4-8,12-14H2,1-3H3. The summed E-state index contributed by atoms with van der Waals surface area (Å²) in [5, 5.41) is 13.1. The first kappa shape index (κ1) is 19.9. The predicted octanol–water partition coefficient (Wildman–Crippen LogP) is 2.84. The molecule has 24 heavy (non-hydrogen) atoms. The van der Waals surface area contributed by atoms with Gasteiger partial charge < -0.3 is 4.90 Å². The van der Waals surface area contributed by atoms with Crippen LogP contribution in [0, 0.1) is 17.2 Å². The number of hydrogen-bond donors (Lipinski definition) is 0. The Morgan fingerprint density at radius 2 is 2.04 bits per heavy atom. The summed E-state index contributed by atoms with van der Waals surface area (Å²) in [7, 11) is 0. The van der Waals surface area contributed by atoms with Gasteiger partial charge in [-0.2, -0.15) is 10.4 Å². The van der Waals surface area contributed by atoms with Crippen molar-refractivity contribution in [3.63, 3.8) is 0 Å². The number of rotatable bonds is 10. The van der Waals surface area contributed by atoms with Gasteiger partial charge in [-0.1, -0.05) is 40.0 Å². The highest BCUT2D eigenvalue weighted by molar-refractivity contribution is 5.92. The molecule has 0 saturated carbocycles. The zero-order chi connectivity index (χ0) is 17.9. The fourth-order valence-corrected chi connectivity index (χ4v) is 2.51. The highest BCUT2D eigenvalue weighted by atomic mass is 16.2. The lowest BCUT2D eigenvalue weighted by Gasteiger charge is -2.25. The lowest BCUT2D eigenvalue weighted by Crippen LogP contribution is -2.37. The molecule has 0 N–H and O–H groups in total. The molecule has 0 radical (unpaired) electrons. The number of nitrogens with zero attached hydrogens (tertiary/aromatic N) is 4. The second kappa shape index (κ2) is 10.6. The first-order chi connectivity index (χ1) is 11.6. The van der Waals surface area contributed by atoms with Crippen LogP contribution in [0.25, 0.3) is 0 Å². The minimum absolute atomic E-state index is 0.191. The van der Waals surface area contributed by atoms with E-state index in [1.54, 1.807) is 4.90 Å². The Kier molecular flexibility index (Phi) is 8.77. The quantitative estimate of drug-likeness (QED) is 0.660. The van der Waals surface area contributed by atoms with E-state index in [1.165, 1.54) is 16.8 Å². The molecule has 0 aromatic carbocycles. The van der Waals surface area contributed by atoms with Crippen molar-refractivity contribution >= 4 is 5.91 Å². The molecule has 1 heterocycles. The highest BCUT2D eigenvalue weighted by Crippen LogP contribution is 2.12. The van der Waals surface area contributed by atoms with Gasteiger partial charge in [-0.25, -0.2) is 4.68 Å². The Bertz CT molecular complexity index is 614. The average molecular weight is 332 g/mol. The van der Waals surface area contributed by atoms with E-state index < -0.39 is 0 Å². The number of nitriles is 1. The van der Waals surface area contributed by atoms with Gasteiger partial charge in [0.25, 0.3) is 11.5 Å². The van der Waals surface area contributed by atoms with Crippen molar-refractivity contribution in [2.45, 2.75) is 59.4 Å². The Labute approximate surface area is 144 Å². The van der Waals surface area contributed by atoms with Gasteiger partial charge in [0.1, 0.15) is 5.69 Å². The van der Waals surface area contributed by atoms with E-state index in [0.717, 1.165) is 25.7 Å². The molecule has 0 fully saturated rings. The van der Waals surface area contributed by atoms with Gasteiger partial charge in [-0.05, 0) is 18.4 Å². The van der Waals surface area contributed by atoms with Crippen LogP contribution in [0.15, 0.2) is 16.9 Å². The van der Waals surface area contributed by atoms with Gasteiger partial charge in [-0.3, -0.25) is 9.59 Å². The number of unbranched alkanes of at least 4 members (excludes halogenated alkanes) is 1. The normalized spacial score (nSPS) is 10.6. The molecule has 0 aliphatic heterocycles. The fraction of sp³-hybridized carbons (Fsp3) is 0.667. The lowest BCUT2D eigenvalue weighted by molar-refractivity contribution is 0.0720. The van der Waals surface area contributed by atoms with Crippen LogP contribution in [0.4, 0.5) is 0 Å². The van der Waals surface area contributed by atoms with E-state index in [0.29, 0.717) is 32.0 Å². The summed E-state index contributed by atoms with van der Waals surface area (Å²) >= 11 is 0. The van der Waals surface area contributed by atoms with Crippen molar-refractivity contribution in [3.05, 3.63) is 28.2 Å². The Balaban J connectivity index is 3.00. The van der Waals surface area contributed by atoms with Crippen LogP contribution >= 0.6 is 0 Å². The zero-order valence-corrected chi connectivity index (χ0v) is 15.0. The first-order valence-corrected chi connectivity index (χ1v) is 8.81. The summed E-state index contributed by atoms with van der Waals surface area (Å²) in [6.07, 6.45) is 4.06. The van der Waals surface area contributed by atoms with Crippen LogP contribution in [0.1, 0.15) is 63.4 Å². The SMILES string of the molecule is CCCCn1nc(C(=O)N(CCC#N)CC(CC)CC)ccc1=O. The van der Waals surface area contributed by atoms with E-state index in [9.17, 15) is 9.59 Å². The minimum Gasteiger partial charge on any atom is -0.336 e. The average Bonchev–Trinajstić information content (AvgIpc) is 2.61. The third-order valence-electron chi connectivity index (χ3n) is 4.22. The van der Waals surface area contributed by atoms with Crippen molar-refractivity contribution in [2.75, 3.05) is 13.1 Å². The van der Waals surface area contributed by atoms with Gasteiger partial charge in [0, 0.05) is 25.7 Å². The summed E-state index contributed by atoms with van der Waals surface area (Å²) in [6, 6.07) is 4.98. The van der Waals surface area contributed by atoms with Crippen molar-refractivity contribution < 1.29 is 4.79 Å². The Morgan fingerprint density at radius 1 is 1.33 bits per heavy atom. The topological polar surface area (TPSA) is 79.0 Å². The maximum absolute atomic E-state index is 12.8. The lowest BCUT2D eigenvalue weighted by atomic mass is 10.0. The molecule has 0 spiro atoms. The molecular weight excluding hydrogens is 304 g/mol. The van der Waals surface area contributed by atoms with Gasteiger partial charge >= 0.3 is 0 Å². The molecule has 1 rings (SSSR count).